The molecule has 0 aliphatic carbocycles. The van der Waals surface area contributed by atoms with E-state index in [0.29, 0.717) is 6.54 Å². The number of benzene rings is 1. The number of amides is 1. The van der Waals surface area contributed by atoms with Crippen LogP contribution in [-0.4, -0.2) is 40.2 Å². The van der Waals surface area contributed by atoms with Gasteiger partial charge in [-0.1, -0.05) is 0 Å². The minimum atomic E-state index is -0.564. The Morgan fingerprint density at radius 1 is 1.53 bits per heavy atom. The normalized spacial score (nSPS) is 19.6. The summed E-state index contributed by atoms with van der Waals surface area (Å²) in [4.78, 5) is 13.6. The largest absolute Gasteiger partial charge is 0.507 e. The zero-order valence-corrected chi connectivity index (χ0v) is 9.27. The summed E-state index contributed by atoms with van der Waals surface area (Å²) in [6, 6.07) is 3.04. The van der Waals surface area contributed by atoms with E-state index in [1.54, 1.807) is 0 Å². The molecule has 5 heteroatoms. The summed E-state index contributed by atoms with van der Waals surface area (Å²) in [7, 11) is 0. The third-order valence-electron chi connectivity index (χ3n) is 3.04. The van der Waals surface area contributed by atoms with Crippen LogP contribution >= 0.6 is 0 Å². The molecule has 1 atom stereocenters. The third kappa shape index (κ3) is 2.24. The second-order valence-electron chi connectivity index (χ2n) is 4.14. The van der Waals surface area contributed by atoms with E-state index in [4.69, 9.17) is 5.11 Å². The van der Waals surface area contributed by atoms with Gasteiger partial charge in [0.2, 0.25) is 0 Å². The smallest absolute Gasteiger partial charge is 0.258 e. The number of aromatic hydroxyl groups is 1. The predicted octanol–water partition coefficient (Wildman–Crippen LogP) is 1.13. The number of halogens is 1. The van der Waals surface area contributed by atoms with Gasteiger partial charge in [-0.2, -0.15) is 0 Å². The van der Waals surface area contributed by atoms with Crippen LogP contribution in [0.4, 0.5) is 4.39 Å². The Hall–Kier alpha value is -1.62. The van der Waals surface area contributed by atoms with E-state index in [1.807, 2.05) is 0 Å². The van der Waals surface area contributed by atoms with E-state index in [9.17, 15) is 14.3 Å². The number of hydrogen-bond donors (Lipinski definition) is 2. The number of aliphatic hydroxyl groups is 1. The Bertz CT molecular complexity index is 436. The van der Waals surface area contributed by atoms with Crippen molar-refractivity contribution in [3.63, 3.8) is 0 Å². The van der Waals surface area contributed by atoms with Gasteiger partial charge in [-0.05, 0) is 31.0 Å². The minimum Gasteiger partial charge on any atom is -0.507 e. The molecular formula is C12H14FNO3. The first kappa shape index (κ1) is 11.9. The molecule has 1 fully saturated rings. The van der Waals surface area contributed by atoms with E-state index < -0.39 is 11.7 Å². The Balaban J connectivity index is 2.27. The van der Waals surface area contributed by atoms with Gasteiger partial charge in [0.25, 0.3) is 5.91 Å². The van der Waals surface area contributed by atoms with Crippen LogP contribution < -0.4 is 0 Å². The standard InChI is InChI=1S/C12H14FNO3/c13-8-3-4-11(16)10(6-8)12(17)14-5-1-2-9(14)7-15/h3-4,6,9,15-16H,1-2,5,7H2. The van der Waals surface area contributed by atoms with Gasteiger partial charge < -0.3 is 15.1 Å². The van der Waals surface area contributed by atoms with Crippen molar-refractivity contribution in [1.29, 1.82) is 0 Å². The molecule has 1 amide bonds. The lowest BCUT2D eigenvalue weighted by Crippen LogP contribution is -2.37. The van der Waals surface area contributed by atoms with Crippen molar-refractivity contribution in [1.82, 2.24) is 4.90 Å². The number of aliphatic hydroxyl groups excluding tert-OH is 1. The highest BCUT2D eigenvalue weighted by Crippen LogP contribution is 2.24. The highest BCUT2D eigenvalue weighted by molar-refractivity contribution is 5.97. The lowest BCUT2D eigenvalue weighted by Gasteiger charge is -2.23. The molecule has 1 heterocycles. The van der Waals surface area contributed by atoms with Crippen molar-refractivity contribution < 1.29 is 19.4 Å². The predicted molar refractivity (Wildman–Crippen MR) is 59.2 cm³/mol. The summed E-state index contributed by atoms with van der Waals surface area (Å²) in [5, 5.41) is 18.7. The molecule has 0 spiro atoms. The number of rotatable bonds is 2. The Morgan fingerprint density at radius 2 is 2.29 bits per heavy atom. The van der Waals surface area contributed by atoms with E-state index in [1.165, 1.54) is 4.90 Å². The average Bonchev–Trinajstić information content (AvgIpc) is 2.79. The molecule has 4 nitrogen and oxygen atoms in total. The van der Waals surface area contributed by atoms with Crippen LogP contribution in [-0.2, 0) is 0 Å². The van der Waals surface area contributed by atoms with Crippen LogP contribution in [0.1, 0.15) is 23.2 Å². The summed E-state index contributed by atoms with van der Waals surface area (Å²) in [6.07, 6.45) is 1.55. The Morgan fingerprint density at radius 3 is 3.00 bits per heavy atom. The molecule has 1 saturated heterocycles. The van der Waals surface area contributed by atoms with Crippen LogP contribution in [0, 0.1) is 5.82 Å². The van der Waals surface area contributed by atoms with Gasteiger partial charge in [0.1, 0.15) is 11.6 Å². The number of phenols is 1. The maximum atomic E-state index is 13.0. The second-order valence-corrected chi connectivity index (χ2v) is 4.14. The maximum Gasteiger partial charge on any atom is 0.258 e. The fourth-order valence-corrected chi connectivity index (χ4v) is 2.13. The van der Waals surface area contributed by atoms with Gasteiger partial charge in [0, 0.05) is 6.54 Å². The van der Waals surface area contributed by atoms with Crippen LogP contribution in [0.25, 0.3) is 0 Å². The van der Waals surface area contributed by atoms with Crippen molar-refractivity contribution >= 4 is 5.91 Å². The van der Waals surface area contributed by atoms with Crippen molar-refractivity contribution in [2.24, 2.45) is 0 Å². The number of carbonyl (C=O) groups is 1. The summed E-state index contributed by atoms with van der Waals surface area (Å²) in [6.45, 7) is 0.418. The monoisotopic (exact) mass is 239 g/mol. The zero-order valence-electron chi connectivity index (χ0n) is 9.27. The molecular weight excluding hydrogens is 225 g/mol. The molecule has 2 rings (SSSR count). The van der Waals surface area contributed by atoms with E-state index in [2.05, 4.69) is 0 Å². The van der Waals surface area contributed by atoms with Crippen molar-refractivity contribution in [3.05, 3.63) is 29.6 Å². The molecule has 0 radical (unpaired) electrons. The van der Waals surface area contributed by atoms with Gasteiger partial charge in [0.05, 0.1) is 18.2 Å². The fourth-order valence-electron chi connectivity index (χ4n) is 2.13. The molecule has 1 unspecified atom stereocenters. The minimum absolute atomic E-state index is 0.0506. The molecule has 92 valence electrons. The Labute approximate surface area is 98.3 Å². The van der Waals surface area contributed by atoms with E-state index in [-0.39, 0.29) is 24.0 Å². The number of likely N-dealkylation sites (tertiary alicyclic amines) is 1. The van der Waals surface area contributed by atoms with Crippen molar-refractivity contribution in [2.45, 2.75) is 18.9 Å². The highest BCUT2D eigenvalue weighted by atomic mass is 19.1. The van der Waals surface area contributed by atoms with Gasteiger partial charge in [-0.25, -0.2) is 4.39 Å². The zero-order chi connectivity index (χ0) is 12.4. The molecule has 2 N–H and O–H groups in total. The molecule has 1 aromatic carbocycles. The summed E-state index contributed by atoms with van der Waals surface area (Å²) >= 11 is 0. The summed E-state index contributed by atoms with van der Waals surface area (Å²) in [5.41, 5.74) is -0.0506. The topological polar surface area (TPSA) is 60.8 Å². The first-order valence-corrected chi connectivity index (χ1v) is 5.54. The molecule has 1 aliphatic rings. The number of hydrogen-bond acceptors (Lipinski definition) is 3. The molecule has 17 heavy (non-hydrogen) atoms. The summed E-state index contributed by atoms with van der Waals surface area (Å²) < 4.78 is 13.0. The van der Waals surface area contributed by atoms with Gasteiger partial charge in [-0.15, -0.1) is 0 Å². The lowest BCUT2D eigenvalue weighted by atomic mass is 10.1. The summed E-state index contributed by atoms with van der Waals surface area (Å²) in [5.74, 6) is -1.23. The fraction of sp³-hybridized carbons (Fsp3) is 0.417. The second kappa shape index (κ2) is 4.71. The third-order valence-corrected chi connectivity index (χ3v) is 3.04. The Kier molecular flexibility index (Phi) is 3.28. The molecule has 0 saturated carbocycles. The quantitative estimate of drug-likeness (QED) is 0.813. The number of carbonyl (C=O) groups excluding carboxylic acids is 1. The molecule has 0 aromatic heterocycles. The van der Waals surface area contributed by atoms with Crippen molar-refractivity contribution in [3.8, 4) is 5.75 Å². The maximum absolute atomic E-state index is 13.0. The lowest BCUT2D eigenvalue weighted by molar-refractivity contribution is 0.0674. The first-order chi connectivity index (χ1) is 8.13. The molecule has 0 bridgehead atoms. The SMILES string of the molecule is O=C(c1cc(F)ccc1O)N1CCCC1CO. The number of nitrogens with zero attached hydrogens (tertiary/aromatic N) is 1. The van der Waals surface area contributed by atoms with Crippen molar-refractivity contribution in [2.75, 3.05) is 13.2 Å². The van der Waals surface area contributed by atoms with Gasteiger partial charge >= 0.3 is 0 Å². The highest BCUT2D eigenvalue weighted by Gasteiger charge is 2.30. The van der Waals surface area contributed by atoms with Gasteiger partial charge in [-0.3, -0.25) is 4.79 Å². The van der Waals surface area contributed by atoms with E-state index >= 15 is 0 Å². The van der Waals surface area contributed by atoms with Gasteiger partial charge in [0.15, 0.2) is 0 Å². The van der Waals surface area contributed by atoms with Crippen LogP contribution in [0.5, 0.6) is 5.75 Å². The van der Waals surface area contributed by atoms with Crippen LogP contribution in [0.15, 0.2) is 18.2 Å². The first-order valence-electron chi connectivity index (χ1n) is 5.54. The van der Waals surface area contributed by atoms with E-state index in [0.717, 1.165) is 31.0 Å². The van der Waals surface area contributed by atoms with Crippen LogP contribution in [0.2, 0.25) is 0 Å². The molecule has 1 aromatic rings. The number of phenolic OH excluding ortho intramolecular Hbond substituents is 1. The molecule has 1 aliphatic heterocycles. The van der Waals surface area contributed by atoms with Crippen LogP contribution in [0.3, 0.4) is 0 Å². The average molecular weight is 239 g/mol.